The molecule has 3 rings (SSSR count). The Morgan fingerprint density at radius 2 is 1.84 bits per heavy atom. The van der Waals surface area contributed by atoms with E-state index in [-0.39, 0.29) is 11.5 Å². The van der Waals surface area contributed by atoms with Crippen LogP contribution in [0.3, 0.4) is 0 Å². The molecule has 0 saturated heterocycles. The van der Waals surface area contributed by atoms with E-state index in [9.17, 15) is 13.2 Å². The zero-order valence-electron chi connectivity index (χ0n) is 17.5. The van der Waals surface area contributed by atoms with Gasteiger partial charge in [0, 0.05) is 13.2 Å². The first-order valence-corrected chi connectivity index (χ1v) is 12.0. The van der Waals surface area contributed by atoms with Crippen molar-refractivity contribution in [3.8, 4) is 5.75 Å². The number of thiazole rings is 1. The highest BCUT2D eigenvalue weighted by Gasteiger charge is 2.16. The van der Waals surface area contributed by atoms with Crippen LogP contribution in [0.4, 0.5) is 0 Å². The molecule has 0 aliphatic heterocycles. The van der Waals surface area contributed by atoms with Gasteiger partial charge >= 0.3 is 5.97 Å². The number of benzene rings is 2. The highest BCUT2D eigenvalue weighted by molar-refractivity contribution is 7.90. The molecule has 0 amide bonds. The fourth-order valence-corrected chi connectivity index (χ4v) is 5.20. The summed E-state index contributed by atoms with van der Waals surface area (Å²) in [5, 5.41) is 0. The lowest BCUT2D eigenvalue weighted by Crippen LogP contribution is -2.20. The zero-order chi connectivity index (χ0) is 22.4. The van der Waals surface area contributed by atoms with Crippen LogP contribution in [0.2, 0.25) is 0 Å². The largest absolute Gasteiger partial charge is 0.497 e. The number of hydrogen-bond acceptors (Lipinski definition) is 7. The Balaban J connectivity index is 2.11. The number of sulfonamides is 1. The molecule has 0 bridgehead atoms. The molecular formula is C21H24N2O6S2. The predicted molar refractivity (Wildman–Crippen MR) is 118 cm³/mol. The molecule has 166 valence electrons. The molecule has 31 heavy (non-hydrogen) atoms. The van der Waals surface area contributed by atoms with Gasteiger partial charge in [-0.25, -0.2) is 4.79 Å². The molecule has 10 heteroatoms. The number of aromatic nitrogens is 1. The number of rotatable bonds is 9. The molecule has 8 nitrogen and oxygen atoms in total. The molecule has 0 spiro atoms. The van der Waals surface area contributed by atoms with E-state index >= 15 is 0 Å². The zero-order valence-corrected chi connectivity index (χ0v) is 19.2. The van der Waals surface area contributed by atoms with Gasteiger partial charge in [0.2, 0.25) is 4.80 Å². The van der Waals surface area contributed by atoms with Crippen LogP contribution < -0.4 is 9.54 Å². The van der Waals surface area contributed by atoms with Crippen LogP contribution >= 0.6 is 11.3 Å². The first kappa shape index (κ1) is 23.0. The molecule has 0 aliphatic rings. The van der Waals surface area contributed by atoms with Crippen molar-refractivity contribution in [2.45, 2.75) is 25.3 Å². The minimum atomic E-state index is -3.95. The summed E-state index contributed by atoms with van der Waals surface area (Å²) in [7, 11) is -2.44. The van der Waals surface area contributed by atoms with E-state index in [1.807, 2.05) is 6.92 Å². The molecule has 0 unspecified atom stereocenters. The van der Waals surface area contributed by atoms with Crippen molar-refractivity contribution in [1.29, 1.82) is 0 Å². The van der Waals surface area contributed by atoms with Gasteiger partial charge in [0.25, 0.3) is 10.0 Å². The maximum Gasteiger partial charge on any atom is 0.338 e. The molecule has 1 heterocycles. The third-order valence-corrected chi connectivity index (χ3v) is 6.85. The molecule has 0 fully saturated rings. The second kappa shape index (κ2) is 10.1. The molecule has 1 aromatic heterocycles. The van der Waals surface area contributed by atoms with Crippen LogP contribution in [0.15, 0.2) is 51.8 Å². The summed E-state index contributed by atoms with van der Waals surface area (Å²) in [6.45, 7) is 5.27. The van der Waals surface area contributed by atoms with Crippen molar-refractivity contribution in [3.05, 3.63) is 52.8 Å². The Bertz CT molecular complexity index is 1230. The number of carbonyl (C=O) groups excluding carboxylic acids is 1. The van der Waals surface area contributed by atoms with Gasteiger partial charge < -0.3 is 18.8 Å². The summed E-state index contributed by atoms with van der Waals surface area (Å²) >= 11 is 1.19. The fourth-order valence-electron chi connectivity index (χ4n) is 2.90. The van der Waals surface area contributed by atoms with E-state index in [0.717, 1.165) is 10.2 Å². The van der Waals surface area contributed by atoms with Crippen molar-refractivity contribution in [3.63, 3.8) is 0 Å². The van der Waals surface area contributed by atoms with E-state index in [2.05, 4.69) is 4.40 Å². The summed E-state index contributed by atoms with van der Waals surface area (Å²) in [5.74, 6) is 0.127. The minimum absolute atomic E-state index is 0.0642. The SMILES string of the molecule is CCOCCn1c(=NS(=O)(=O)c2ccc(OC)cc2)sc2cc(C(=O)OCC)ccc21. The predicted octanol–water partition coefficient (Wildman–Crippen LogP) is 3.21. The van der Waals surface area contributed by atoms with Crippen LogP contribution in [-0.4, -0.2) is 45.9 Å². The Hall–Kier alpha value is -2.69. The lowest BCUT2D eigenvalue weighted by Gasteiger charge is -2.06. The van der Waals surface area contributed by atoms with E-state index in [1.54, 1.807) is 41.8 Å². The summed E-state index contributed by atoms with van der Waals surface area (Å²) in [4.78, 5) is 12.4. The van der Waals surface area contributed by atoms with Crippen molar-refractivity contribution < 1.29 is 27.4 Å². The Kier molecular flexibility index (Phi) is 7.47. The lowest BCUT2D eigenvalue weighted by atomic mass is 10.2. The van der Waals surface area contributed by atoms with Crippen LogP contribution in [0.1, 0.15) is 24.2 Å². The van der Waals surface area contributed by atoms with Crippen molar-refractivity contribution >= 4 is 37.5 Å². The first-order valence-electron chi connectivity index (χ1n) is 9.73. The molecule has 3 aromatic rings. The number of fused-ring (bicyclic) bond motifs is 1. The van der Waals surface area contributed by atoms with Gasteiger partial charge in [-0.1, -0.05) is 11.3 Å². The van der Waals surface area contributed by atoms with E-state index in [0.29, 0.717) is 35.9 Å². The maximum atomic E-state index is 12.9. The number of hydrogen-bond donors (Lipinski definition) is 0. The molecule has 2 aromatic carbocycles. The molecule has 0 atom stereocenters. The van der Waals surface area contributed by atoms with Gasteiger partial charge in [0.15, 0.2) is 0 Å². The number of carbonyl (C=O) groups is 1. The Labute approximate surface area is 184 Å². The highest BCUT2D eigenvalue weighted by Crippen LogP contribution is 2.22. The van der Waals surface area contributed by atoms with Crippen molar-refractivity contribution in [1.82, 2.24) is 4.57 Å². The number of esters is 1. The van der Waals surface area contributed by atoms with Crippen LogP contribution in [0.25, 0.3) is 10.2 Å². The Morgan fingerprint density at radius 3 is 2.48 bits per heavy atom. The maximum absolute atomic E-state index is 12.9. The summed E-state index contributed by atoms with van der Waals surface area (Å²) in [6.07, 6.45) is 0. The van der Waals surface area contributed by atoms with Crippen molar-refractivity contribution in [2.24, 2.45) is 4.40 Å². The number of ether oxygens (including phenoxy) is 3. The monoisotopic (exact) mass is 464 g/mol. The second-order valence-corrected chi connectivity index (χ2v) is 8.99. The molecular weight excluding hydrogens is 440 g/mol. The van der Waals surface area contributed by atoms with Crippen molar-refractivity contribution in [2.75, 3.05) is 26.9 Å². The van der Waals surface area contributed by atoms with Gasteiger partial charge in [0.05, 0.1) is 41.0 Å². The third kappa shape index (κ3) is 5.33. The minimum Gasteiger partial charge on any atom is -0.497 e. The normalized spacial score (nSPS) is 12.3. The van der Waals surface area contributed by atoms with Crippen LogP contribution in [0.5, 0.6) is 5.75 Å². The average molecular weight is 465 g/mol. The fraction of sp³-hybridized carbons (Fsp3) is 0.333. The second-order valence-electron chi connectivity index (χ2n) is 6.38. The number of methoxy groups -OCH3 is 1. The summed E-state index contributed by atoms with van der Waals surface area (Å²) in [6, 6.07) is 11.2. The third-order valence-electron chi connectivity index (χ3n) is 4.41. The van der Waals surface area contributed by atoms with Crippen LogP contribution in [0, 0.1) is 0 Å². The average Bonchev–Trinajstić information content (AvgIpc) is 3.09. The van der Waals surface area contributed by atoms with Gasteiger partial charge in [-0.3, -0.25) is 0 Å². The van der Waals surface area contributed by atoms with Gasteiger partial charge in [-0.2, -0.15) is 8.42 Å². The lowest BCUT2D eigenvalue weighted by molar-refractivity contribution is 0.0526. The standard InChI is InChI=1S/C21H24N2O6S2/c1-4-28-13-12-23-18-11-6-15(20(24)29-5-2)14-19(18)30-21(23)22-31(25,26)17-9-7-16(27-3)8-10-17/h6-11,14H,4-5,12-13H2,1-3H3. The number of nitrogens with zero attached hydrogens (tertiary/aromatic N) is 2. The molecule has 0 radical (unpaired) electrons. The molecule has 0 N–H and O–H groups in total. The molecule has 0 saturated carbocycles. The van der Waals surface area contributed by atoms with E-state index in [4.69, 9.17) is 14.2 Å². The highest BCUT2D eigenvalue weighted by atomic mass is 32.2. The topological polar surface area (TPSA) is 96.2 Å². The Morgan fingerprint density at radius 1 is 1.10 bits per heavy atom. The summed E-state index contributed by atoms with van der Waals surface area (Å²) < 4.78 is 48.0. The quantitative estimate of drug-likeness (QED) is 0.356. The smallest absolute Gasteiger partial charge is 0.338 e. The van der Waals surface area contributed by atoms with Crippen LogP contribution in [-0.2, 0) is 26.0 Å². The summed E-state index contributed by atoms with van der Waals surface area (Å²) in [5.41, 5.74) is 1.17. The van der Waals surface area contributed by atoms with E-state index < -0.39 is 16.0 Å². The first-order chi connectivity index (χ1) is 14.9. The van der Waals surface area contributed by atoms with E-state index in [1.165, 1.54) is 30.6 Å². The van der Waals surface area contributed by atoms with Gasteiger partial charge in [-0.15, -0.1) is 4.40 Å². The van der Waals surface area contributed by atoms with Gasteiger partial charge in [0.1, 0.15) is 5.75 Å². The molecule has 0 aliphatic carbocycles. The van der Waals surface area contributed by atoms with Gasteiger partial charge in [-0.05, 0) is 56.3 Å².